The van der Waals surface area contributed by atoms with Crippen molar-refractivity contribution in [2.75, 3.05) is 19.0 Å². The van der Waals surface area contributed by atoms with Crippen LogP contribution in [0.4, 0.5) is 5.69 Å². The Morgan fingerprint density at radius 2 is 1.65 bits per heavy atom. The molecule has 1 atom stereocenters. The topological polar surface area (TPSA) is 60.5 Å². The Hall–Kier alpha value is -2.41. The first-order valence-electron chi connectivity index (χ1n) is 11.8. The molecule has 0 amide bonds. The number of carbonyl (C=O) groups is 1. The first-order chi connectivity index (χ1) is 17.6. The Bertz CT molecular complexity index is 1590. The molecule has 0 fully saturated rings. The lowest BCUT2D eigenvalue weighted by molar-refractivity contribution is 0.0251. The number of nitrogens with zero attached hydrogens (tertiary/aromatic N) is 2. The van der Waals surface area contributed by atoms with Crippen molar-refractivity contribution >= 4 is 69.0 Å². The zero-order chi connectivity index (χ0) is 26.8. The largest absolute Gasteiger partial charge is 0.440 e. The van der Waals surface area contributed by atoms with E-state index in [1.54, 1.807) is 0 Å². The molecule has 1 aromatic heterocycles. The average molecular weight is 577 g/mol. The molecule has 0 aliphatic carbocycles. The molecule has 37 heavy (non-hydrogen) atoms. The molecule has 2 heterocycles. The number of benzene rings is 3. The third kappa shape index (κ3) is 3.59. The van der Waals surface area contributed by atoms with Crippen LogP contribution in [-0.2, 0) is 23.4 Å². The number of esters is 1. The zero-order valence-electron chi connectivity index (χ0n) is 20.8. The first-order valence-corrected chi connectivity index (χ1v) is 13.3. The number of fused-ring (bicyclic) bond motifs is 2. The molecule has 5 rings (SSSR count). The van der Waals surface area contributed by atoms with Gasteiger partial charge in [0.2, 0.25) is 0 Å². The molecule has 4 aromatic rings. The number of aryl methyl sites for hydroxylation is 1. The van der Waals surface area contributed by atoms with Crippen LogP contribution < -0.4 is 10.6 Å². The second-order valence-corrected chi connectivity index (χ2v) is 10.8. The minimum atomic E-state index is -1.47. The maximum absolute atomic E-state index is 13.6. The van der Waals surface area contributed by atoms with E-state index in [1.165, 1.54) is 0 Å². The van der Waals surface area contributed by atoms with Gasteiger partial charge in [-0.1, -0.05) is 70.7 Å². The number of hydrogen-bond donors (Lipinski definition) is 1. The van der Waals surface area contributed by atoms with Gasteiger partial charge in [-0.05, 0) is 37.6 Å². The van der Waals surface area contributed by atoms with Gasteiger partial charge in [-0.15, -0.1) is 0 Å². The SMILES string of the molecule is CCn1c(C)c(C2(c3ccc(N(C)C)cc3CN)OC(=O)c3c(Cl)c(Cl)c(Cl)c(Cl)c32)c2ccccc21. The molecule has 192 valence electrons. The number of halogens is 4. The molecule has 3 aromatic carbocycles. The van der Waals surface area contributed by atoms with E-state index < -0.39 is 11.6 Å². The quantitative estimate of drug-likeness (QED) is 0.151. The van der Waals surface area contributed by atoms with E-state index in [9.17, 15) is 4.79 Å². The standard InChI is InChI=1S/C28H25Cl4N3O2/c1-5-35-14(2)21(17-8-6-7-9-19(17)35)28(18-11-10-16(34(3)4)12-15(18)13-33)22-20(27(36)37-28)23(29)25(31)26(32)24(22)30/h6-12H,5,13,33H2,1-4H3. The fourth-order valence-electron chi connectivity index (χ4n) is 5.55. The molecule has 5 nitrogen and oxygen atoms in total. The van der Waals surface area contributed by atoms with E-state index in [1.807, 2.05) is 68.4 Å². The molecule has 0 bridgehead atoms. The number of ether oxygens (including phenoxy) is 1. The van der Waals surface area contributed by atoms with Crippen LogP contribution in [0.15, 0.2) is 42.5 Å². The Morgan fingerprint density at radius 3 is 2.30 bits per heavy atom. The molecule has 1 aliphatic heterocycles. The second-order valence-electron chi connectivity index (χ2n) is 9.24. The molecule has 9 heteroatoms. The van der Waals surface area contributed by atoms with E-state index in [0.717, 1.165) is 33.4 Å². The monoisotopic (exact) mass is 575 g/mol. The summed E-state index contributed by atoms with van der Waals surface area (Å²) in [5, 5.41) is 1.11. The molecule has 1 aliphatic rings. The Balaban J connectivity index is 2.04. The Labute approximate surface area is 235 Å². The van der Waals surface area contributed by atoms with Gasteiger partial charge in [-0.3, -0.25) is 0 Å². The zero-order valence-corrected chi connectivity index (χ0v) is 23.8. The van der Waals surface area contributed by atoms with E-state index in [0.29, 0.717) is 17.7 Å². The van der Waals surface area contributed by atoms with Crippen molar-refractivity contribution in [3.8, 4) is 0 Å². The van der Waals surface area contributed by atoms with Gasteiger partial charge in [0, 0.05) is 66.2 Å². The molecule has 0 saturated carbocycles. The highest BCUT2D eigenvalue weighted by molar-refractivity contribution is 6.53. The maximum Gasteiger partial charge on any atom is 0.341 e. The van der Waals surface area contributed by atoms with Crippen molar-refractivity contribution < 1.29 is 9.53 Å². The molecular formula is C28H25Cl4N3O2. The number of anilines is 1. The van der Waals surface area contributed by atoms with Crippen LogP contribution in [0.3, 0.4) is 0 Å². The molecular weight excluding hydrogens is 552 g/mol. The van der Waals surface area contributed by atoms with Crippen LogP contribution in [0, 0.1) is 6.92 Å². The van der Waals surface area contributed by atoms with Crippen molar-refractivity contribution in [2.45, 2.75) is 32.5 Å². The fraction of sp³-hybridized carbons (Fsp3) is 0.250. The van der Waals surface area contributed by atoms with Crippen LogP contribution in [0.1, 0.15) is 45.2 Å². The van der Waals surface area contributed by atoms with E-state index in [2.05, 4.69) is 11.5 Å². The number of cyclic esters (lactones) is 1. The molecule has 0 radical (unpaired) electrons. The normalized spacial score (nSPS) is 16.8. The second kappa shape index (κ2) is 9.40. The van der Waals surface area contributed by atoms with Crippen molar-refractivity contribution in [1.82, 2.24) is 4.57 Å². The highest BCUT2D eigenvalue weighted by atomic mass is 35.5. The van der Waals surface area contributed by atoms with Gasteiger partial charge in [0.1, 0.15) is 0 Å². The number of rotatable bonds is 5. The smallest absolute Gasteiger partial charge is 0.341 e. The van der Waals surface area contributed by atoms with E-state index >= 15 is 0 Å². The van der Waals surface area contributed by atoms with Crippen molar-refractivity contribution in [2.24, 2.45) is 5.73 Å². The van der Waals surface area contributed by atoms with E-state index in [4.69, 9.17) is 56.9 Å². The lowest BCUT2D eigenvalue weighted by Crippen LogP contribution is -2.33. The number of para-hydroxylation sites is 1. The summed E-state index contributed by atoms with van der Waals surface area (Å²) in [7, 11) is 3.90. The predicted octanol–water partition coefficient (Wildman–Crippen LogP) is 7.57. The van der Waals surface area contributed by atoms with Gasteiger partial charge in [-0.25, -0.2) is 4.79 Å². The maximum atomic E-state index is 13.6. The van der Waals surface area contributed by atoms with Crippen LogP contribution >= 0.6 is 46.4 Å². The average Bonchev–Trinajstić information content (AvgIpc) is 3.36. The highest BCUT2D eigenvalue weighted by Crippen LogP contribution is 2.58. The summed E-state index contributed by atoms with van der Waals surface area (Å²) in [5.41, 5.74) is 10.4. The van der Waals surface area contributed by atoms with Gasteiger partial charge in [0.05, 0.1) is 25.7 Å². The van der Waals surface area contributed by atoms with Crippen LogP contribution in [0.25, 0.3) is 10.9 Å². The summed E-state index contributed by atoms with van der Waals surface area (Å²) in [6.07, 6.45) is 0. The number of hydrogen-bond acceptors (Lipinski definition) is 4. The van der Waals surface area contributed by atoms with Crippen LogP contribution in [0.2, 0.25) is 20.1 Å². The van der Waals surface area contributed by atoms with Crippen LogP contribution in [0.5, 0.6) is 0 Å². The first kappa shape index (κ1) is 26.2. The van der Waals surface area contributed by atoms with Gasteiger partial charge >= 0.3 is 5.97 Å². The third-order valence-electron chi connectivity index (χ3n) is 7.17. The molecule has 0 saturated heterocycles. The van der Waals surface area contributed by atoms with Gasteiger partial charge < -0.3 is 19.9 Å². The third-order valence-corrected chi connectivity index (χ3v) is 8.97. The van der Waals surface area contributed by atoms with Gasteiger partial charge in [0.15, 0.2) is 5.60 Å². The summed E-state index contributed by atoms with van der Waals surface area (Å²) in [4.78, 5) is 15.6. The number of aromatic nitrogens is 1. The summed E-state index contributed by atoms with van der Waals surface area (Å²) in [6.45, 7) is 4.99. The van der Waals surface area contributed by atoms with Crippen molar-refractivity contribution in [3.63, 3.8) is 0 Å². The Morgan fingerprint density at radius 1 is 0.973 bits per heavy atom. The minimum absolute atomic E-state index is 0.00837. The van der Waals surface area contributed by atoms with Crippen LogP contribution in [-0.4, -0.2) is 24.6 Å². The summed E-state index contributed by atoms with van der Waals surface area (Å²) < 4.78 is 8.63. The lowest BCUT2D eigenvalue weighted by atomic mass is 9.76. The summed E-state index contributed by atoms with van der Waals surface area (Å²) in [5.74, 6) is -0.632. The highest BCUT2D eigenvalue weighted by Gasteiger charge is 2.55. The Kier molecular flexibility index (Phi) is 6.66. The molecule has 2 N–H and O–H groups in total. The van der Waals surface area contributed by atoms with Crippen molar-refractivity contribution in [3.05, 3.63) is 96.1 Å². The molecule has 0 spiro atoms. The predicted molar refractivity (Wildman–Crippen MR) is 153 cm³/mol. The molecule has 1 unspecified atom stereocenters. The van der Waals surface area contributed by atoms with Gasteiger partial charge in [0.25, 0.3) is 0 Å². The lowest BCUT2D eigenvalue weighted by Gasteiger charge is -2.34. The van der Waals surface area contributed by atoms with E-state index in [-0.39, 0.29) is 32.2 Å². The summed E-state index contributed by atoms with van der Waals surface area (Å²) >= 11 is 26.6. The van der Waals surface area contributed by atoms with Crippen molar-refractivity contribution in [1.29, 1.82) is 0 Å². The minimum Gasteiger partial charge on any atom is -0.440 e. The number of carbonyl (C=O) groups excluding carboxylic acids is 1. The number of nitrogens with two attached hydrogens (primary N) is 1. The summed E-state index contributed by atoms with van der Waals surface area (Å²) in [6, 6.07) is 13.9. The van der Waals surface area contributed by atoms with Gasteiger partial charge in [-0.2, -0.15) is 0 Å². The fourth-order valence-corrected chi connectivity index (χ4v) is 6.61.